The van der Waals surface area contributed by atoms with Crippen LogP contribution in [0, 0.1) is 17.3 Å². The lowest BCUT2D eigenvalue weighted by Crippen LogP contribution is -2.11. The molecule has 0 radical (unpaired) electrons. The Morgan fingerprint density at radius 3 is 2.94 bits per heavy atom. The number of rotatable bonds is 5. The van der Waals surface area contributed by atoms with Crippen LogP contribution in [0.2, 0.25) is 0 Å². The number of fused-ring (bicyclic) bond motifs is 1. The molecule has 0 aromatic carbocycles. The standard InChI is InChI=1S/C15H24O/c1-11(10-16)5-4-6-13(3)15-8-7-12(2)14(15)9-15/h5,13-14,16H,2,4,6-10H2,1,3H3/b11-5-/t13-,14?,15?/m0/s1. The summed E-state index contributed by atoms with van der Waals surface area (Å²) in [6, 6.07) is 0. The molecule has 2 fully saturated rings. The second-order valence-corrected chi connectivity index (χ2v) is 5.84. The van der Waals surface area contributed by atoms with Crippen molar-refractivity contribution in [3.05, 3.63) is 23.8 Å². The highest BCUT2D eigenvalue weighted by molar-refractivity contribution is 5.26. The summed E-state index contributed by atoms with van der Waals surface area (Å²) in [6.07, 6.45) is 8.61. The Labute approximate surface area is 99.3 Å². The molecule has 3 atom stereocenters. The predicted octanol–water partition coefficient (Wildman–Crippen LogP) is 3.70. The molecule has 2 aliphatic carbocycles. The van der Waals surface area contributed by atoms with Crippen molar-refractivity contribution in [1.29, 1.82) is 0 Å². The Hall–Kier alpha value is -0.560. The molecule has 2 rings (SSSR count). The van der Waals surface area contributed by atoms with Gasteiger partial charge in [-0.25, -0.2) is 0 Å². The van der Waals surface area contributed by atoms with Gasteiger partial charge in [-0.1, -0.05) is 30.7 Å². The van der Waals surface area contributed by atoms with Gasteiger partial charge < -0.3 is 5.11 Å². The van der Waals surface area contributed by atoms with E-state index < -0.39 is 0 Å². The molecular weight excluding hydrogens is 196 g/mol. The molecule has 2 saturated carbocycles. The molecule has 1 nitrogen and oxygen atoms in total. The number of aliphatic hydroxyl groups is 1. The first kappa shape index (κ1) is 11.9. The topological polar surface area (TPSA) is 20.2 Å². The van der Waals surface area contributed by atoms with Gasteiger partial charge in [-0.15, -0.1) is 0 Å². The third-order valence-electron chi connectivity index (χ3n) is 4.85. The zero-order valence-electron chi connectivity index (χ0n) is 10.6. The average Bonchev–Trinajstić information content (AvgIpc) is 2.94. The van der Waals surface area contributed by atoms with E-state index in [1.54, 1.807) is 0 Å². The first-order valence-electron chi connectivity index (χ1n) is 6.54. The van der Waals surface area contributed by atoms with Crippen LogP contribution in [0.25, 0.3) is 0 Å². The second-order valence-electron chi connectivity index (χ2n) is 5.84. The number of allylic oxidation sites excluding steroid dienone is 2. The molecule has 1 N–H and O–H groups in total. The maximum atomic E-state index is 8.93. The van der Waals surface area contributed by atoms with Gasteiger partial charge in [-0.3, -0.25) is 0 Å². The minimum Gasteiger partial charge on any atom is -0.392 e. The van der Waals surface area contributed by atoms with E-state index in [1.165, 1.54) is 31.3 Å². The molecule has 0 saturated heterocycles. The zero-order valence-corrected chi connectivity index (χ0v) is 10.6. The Morgan fingerprint density at radius 2 is 2.44 bits per heavy atom. The van der Waals surface area contributed by atoms with Crippen LogP contribution in [0.4, 0.5) is 0 Å². The van der Waals surface area contributed by atoms with E-state index in [2.05, 4.69) is 19.6 Å². The molecule has 0 bridgehead atoms. The van der Waals surface area contributed by atoms with Crippen LogP contribution in [-0.4, -0.2) is 11.7 Å². The van der Waals surface area contributed by atoms with Crippen LogP contribution in [0.3, 0.4) is 0 Å². The van der Waals surface area contributed by atoms with Gasteiger partial charge in [0.1, 0.15) is 0 Å². The van der Waals surface area contributed by atoms with Crippen molar-refractivity contribution in [2.45, 2.75) is 46.0 Å². The minimum atomic E-state index is 0.207. The summed E-state index contributed by atoms with van der Waals surface area (Å²) in [6.45, 7) is 8.79. The molecule has 16 heavy (non-hydrogen) atoms. The number of hydrogen-bond donors (Lipinski definition) is 1. The van der Waals surface area contributed by atoms with Crippen molar-refractivity contribution in [3.8, 4) is 0 Å². The molecule has 0 amide bonds. The Kier molecular flexibility index (Phi) is 3.25. The summed E-state index contributed by atoms with van der Waals surface area (Å²) in [5.74, 6) is 1.67. The SMILES string of the molecule is C=C1CCC2([C@@H](C)CC/C=C(/C)CO)CC12. The maximum absolute atomic E-state index is 8.93. The van der Waals surface area contributed by atoms with Crippen LogP contribution in [0.5, 0.6) is 0 Å². The lowest BCUT2D eigenvalue weighted by atomic mass is 9.85. The summed E-state index contributed by atoms with van der Waals surface area (Å²) in [5, 5.41) is 8.93. The molecule has 0 heterocycles. The molecule has 1 heteroatoms. The fourth-order valence-electron chi connectivity index (χ4n) is 3.44. The Bertz CT molecular complexity index is 315. The van der Waals surface area contributed by atoms with E-state index in [4.69, 9.17) is 5.11 Å². The molecule has 0 spiro atoms. The fourth-order valence-corrected chi connectivity index (χ4v) is 3.44. The van der Waals surface area contributed by atoms with Gasteiger partial charge in [0.2, 0.25) is 0 Å². The van der Waals surface area contributed by atoms with E-state index in [-0.39, 0.29) is 6.61 Å². The van der Waals surface area contributed by atoms with Crippen LogP contribution in [0.1, 0.15) is 46.0 Å². The van der Waals surface area contributed by atoms with Gasteiger partial charge in [0.15, 0.2) is 0 Å². The van der Waals surface area contributed by atoms with E-state index in [1.807, 2.05) is 6.92 Å². The third-order valence-corrected chi connectivity index (χ3v) is 4.85. The van der Waals surface area contributed by atoms with Gasteiger partial charge in [-0.05, 0) is 56.3 Å². The van der Waals surface area contributed by atoms with Crippen LogP contribution in [-0.2, 0) is 0 Å². The van der Waals surface area contributed by atoms with E-state index in [9.17, 15) is 0 Å². The summed E-state index contributed by atoms with van der Waals surface area (Å²) < 4.78 is 0. The predicted molar refractivity (Wildman–Crippen MR) is 68.2 cm³/mol. The minimum absolute atomic E-state index is 0.207. The highest BCUT2D eigenvalue weighted by Gasteiger charge is 2.60. The van der Waals surface area contributed by atoms with Crippen LogP contribution in [0.15, 0.2) is 23.8 Å². The van der Waals surface area contributed by atoms with E-state index in [0.717, 1.165) is 23.8 Å². The van der Waals surface area contributed by atoms with Gasteiger partial charge in [0.25, 0.3) is 0 Å². The van der Waals surface area contributed by atoms with Gasteiger partial charge in [0, 0.05) is 0 Å². The highest BCUT2D eigenvalue weighted by Crippen LogP contribution is 2.69. The van der Waals surface area contributed by atoms with Crippen LogP contribution < -0.4 is 0 Å². The summed E-state index contributed by atoms with van der Waals surface area (Å²) in [7, 11) is 0. The lowest BCUT2D eigenvalue weighted by molar-refractivity contribution is 0.300. The van der Waals surface area contributed by atoms with Crippen molar-refractivity contribution < 1.29 is 5.11 Å². The van der Waals surface area contributed by atoms with Crippen molar-refractivity contribution in [2.75, 3.05) is 6.61 Å². The van der Waals surface area contributed by atoms with Crippen LogP contribution >= 0.6 is 0 Å². The normalized spacial score (nSPS) is 35.1. The van der Waals surface area contributed by atoms with Crippen molar-refractivity contribution >= 4 is 0 Å². The summed E-state index contributed by atoms with van der Waals surface area (Å²) >= 11 is 0. The Morgan fingerprint density at radius 1 is 1.69 bits per heavy atom. The van der Waals surface area contributed by atoms with E-state index >= 15 is 0 Å². The second kappa shape index (κ2) is 4.37. The lowest BCUT2D eigenvalue weighted by Gasteiger charge is -2.20. The van der Waals surface area contributed by atoms with E-state index in [0.29, 0.717) is 5.41 Å². The quantitative estimate of drug-likeness (QED) is 0.700. The fraction of sp³-hybridized carbons (Fsp3) is 0.733. The maximum Gasteiger partial charge on any atom is 0.0639 e. The van der Waals surface area contributed by atoms with Gasteiger partial charge >= 0.3 is 0 Å². The van der Waals surface area contributed by atoms with Crippen molar-refractivity contribution in [1.82, 2.24) is 0 Å². The molecule has 0 aliphatic heterocycles. The smallest absolute Gasteiger partial charge is 0.0639 e. The molecule has 0 aromatic heterocycles. The molecule has 90 valence electrons. The summed E-state index contributed by atoms with van der Waals surface area (Å²) in [4.78, 5) is 0. The molecule has 2 aliphatic rings. The molecule has 2 unspecified atom stereocenters. The highest BCUT2D eigenvalue weighted by atomic mass is 16.3. The van der Waals surface area contributed by atoms with Crippen molar-refractivity contribution in [3.63, 3.8) is 0 Å². The first-order valence-corrected chi connectivity index (χ1v) is 6.54. The average molecular weight is 220 g/mol. The summed E-state index contributed by atoms with van der Waals surface area (Å²) in [5.41, 5.74) is 3.25. The third kappa shape index (κ3) is 1.98. The zero-order chi connectivity index (χ0) is 11.8. The largest absolute Gasteiger partial charge is 0.392 e. The molecular formula is C15H24O. The van der Waals surface area contributed by atoms with Gasteiger partial charge in [0.05, 0.1) is 6.61 Å². The number of aliphatic hydroxyl groups excluding tert-OH is 1. The monoisotopic (exact) mass is 220 g/mol. The van der Waals surface area contributed by atoms with Gasteiger partial charge in [-0.2, -0.15) is 0 Å². The first-order chi connectivity index (χ1) is 7.60. The molecule has 0 aromatic rings. The van der Waals surface area contributed by atoms with Crippen molar-refractivity contribution in [2.24, 2.45) is 17.3 Å². The Balaban J connectivity index is 1.82. The number of hydrogen-bond acceptors (Lipinski definition) is 1.